The number of nitrogens with zero attached hydrogens (tertiary/aromatic N) is 3. The lowest BCUT2D eigenvalue weighted by Gasteiger charge is -2.34. The Bertz CT molecular complexity index is 664. The summed E-state index contributed by atoms with van der Waals surface area (Å²) in [6.45, 7) is 6.02. The molecule has 136 valence electrons. The van der Waals surface area contributed by atoms with Gasteiger partial charge >= 0.3 is 6.09 Å². The Morgan fingerprint density at radius 3 is 2.72 bits per heavy atom. The van der Waals surface area contributed by atoms with Crippen LogP contribution in [0.5, 0.6) is 0 Å². The number of likely N-dealkylation sites (N-methyl/N-ethyl adjacent to an activating group) is 1. The molecule has 0 aromatic heterocycles. The van der Waals surface area contributed by atoms with E-state index in [-0.39, 0.29) is 11.9 Å². The topological polar surface area (TPSA) is 48.0 Å². The van der Waals surface area contributed by atoms with Gasteiger partial charge in [-0.05, 0) is 32.2 Å². The summed E-state index contributed by atoms with van der Waals surface area (Å²) in [5.41, 5.74) is 1.10. The van der Waals surface area contributed by atoms with Crippen LogP contribution in [0.2, 0.25) is 0 Å². The summed E-state index contributed by atoms with van der Waals surface area (Å²) in [5, 5.41) is 2.99. The largest absolute Gasteiger partial charge is 0.442 e. The quantitative estimate of drug-likeness (QED) is 0.821. The lowest BCUT2D eigenvalue weighted by atomic mass is 10.2. The first-order valence-corrected chi connectivity index (χ1v) is 8.80. The third kappa shape index (κ3) is 4.19. The first-order chi connectivity index (χ1) is 11.9. The zero-order chi connectivity index (χ0) is 18.0. The smallest absolute Gasteiger partial charge is 0.414 e. The molecule has 2 heterocycles. The normalized spacial score (nSPS) is 21.4. The van der Waals surface area contributed by atoms with Gasteiger partial charge in [-0.3, -0.25) is 4.90 Å². The van der Waals surface area contributed by atoms with Crippen molar-refractivity contribution in [2.24, 2.45) is 0 Å². The van der Waals surface area contributed by atoms with Crippen molar-refractivity contribution in [2.45, 2.75) is 13.0 Å². The molecule has 1 N–H and O–H groups in total. The highest BCUT2D eigenvalue weighted by Crippen LogP contribution is 2.28. The highest BCUT2D eigenvalue weighted by molar-refractivity contribution is 7.80. The molecule has 1 aromatic carbocycles. The van der Waals surface area contributed by atoms with E-state index in [1.54, 1.807) is 19.1 Å². The van der Waals surface area contributed by atoms with Gasteiger partial charge in [-0.25, -0.2) is 9.18 Å². The number of amides is 1. The lowest BCUT2D eigenvalue weighted by Crippen LogP contribution is -2.44. The van der Waals surface area contributed by atoms with Crippen LogP contribution in [0.3, 0.4) is 0 Å². The number of cyclic esters (lactones) is 1. The van der Waals surface area contributed by atoms with Crippen molar-refractivity contribution in [1.82, 2.24) is 10.2 Å². The number of hydrogen-bond donors (Lipinski definition) is 1. The van der Waals surface area contributed by atoms with E-state index in [9.17, 15) is 9.18 Å². The molecule has 2 saturated heterocycles. The van der Waals surface area contributed by atoms with Gasteiger partial charge in [-0.1, -0.05) is 12.2 Å². The second-order valence-corrected chi connectivity index (χ2v) is 7.09. The number of rotatable bonds is 4. The summed E-state index contributed by atoms with van der Waals surface area (Å²) in [4.78, 5) is 18.4. The summed E-state index contributed by atoms with van der Waals surface area (Å²) < 4.78 is 19.9. The van der Waals surface area contributed by atoms with E-state index >= 15 is 0 Å². The van der Waals surface area contributed by atoms with Gasteiger partial charge in [0.25, 0.3) is 0 Å². The Balaban J connectivity index is 1.68. The fraction of sp³-hybridized carbons (Fsp3) is 0.529. The number of carbonyl (C=O) groups excluding carboxylic acids is 1. The van der Waals surface area contributed by atoms with Crippen molar-refractivity contribution in [3.63, 3.8) is 0 Å². The molecule has 2 fully saturated rings. The van der Waals surface area contributed by atoms with E-state index in [2.05, 4.69) is 17.3 Å². The van der Waals surface area contributed by atoms with Crippen molar-refractivity contribution in [3.05, 3.63) is 24.0 Å². The summed E-state index contributed by atoms with van der Waals surface area (Å²) in [6.07, 6.45) is -0.758. The van der Waals surface area contributed by atoms with E-state index in [1.165, 1.54) is 11.0 Å². The van der Waals surface area contributed by atoms with Crippen molar-refractivity contribution in [2.75, 3.05) is 56.1 Å². The van der Waals surface area contributed by atoms with Crippen LogP contribution in [-0.4, -0.2) is 68.4 Å². The van der Waals surface area contributed by atoms with Crippen molar-refractivity contribution < 1.29 is 13.9 Å². The number of benzene rings is 1. The Hall–Kier alpha value is -1.93. The van der Waals surface area contributed by atoms with E-state index in [4.69, 9.17) is 17.0 Å². The minimum atomic E-state index is -0.458. The van der Waals surface area contributed by atoms with Gasteiger partial charge in [0, 0.05) is 26.2 Å². The highest BCUT2D eigenvalue weighted by Gasteiger charge is 2.32. The van der Waals surface area contributed by atoms with E-state index in [0.29, 0.717) is 29.5 Å². The number of piperazine rings is 1. The molecule has 1 amide bonds. The second kappa shape index (κ2) is 7.53. The molecule has 2 aliphatic rings. The number of hydrogen-bond acceptors (Lipinski definition) is 5. The van der Waals surface area contributed by atoms with E-state index in [0.717, 1.165) is 26.2 Å². The molecule has 1 atom stereocenters. The van der Waals surface area contributed by atoms with Crippen LogP contribution < -0.4 is 15.1 Å². The average molecular weight is 366 g/mol. The molecular weight excluding hydrogens is 343 g/mol. The molecule has 0 aliphatic carbocycles. The van der Waals surface area contributed by atoms with Crippen LogP contribution in [0.25, 0.3) is 0 Å². The minimum Gasteiger partial charge on any atom is -0.442 e. The summed E-state index contributed by atoms with van der Waals surface area (Å²) in [7, 11) is 2.06. The van der Waals surface area contributed by atoms with Crippen molar-refractivity contribution in [1.29, 1.82) is 0 Å². The van der Waals surface area contributed by atoms with Gasteiger partial charge < -0.3 is 19.9 Å². The maximum absolute atomic E-state index is 14.6. The predicted octanol–water partition coefficient (Wildman–Crippen LogP) is 1.84. The van der Waals surface area contributed by atoms with Crippen LogP contribution in [-0.2, 0) is 4.74 Å². The molecule has 25 heavy (non-hydrogen) atoms. The third-order valence-electron chi connectivity index (χ3n) is 4.54. The summed E-state index contributed by atoms with van der Waals surface area (Å²) >= 11 is 4.96. The van der Waals surface area contributed by atoms with E-state index < -0.39 is 6.09 Å². The Morgan fingerprint density at radius 1 is 1.36 bits per heavy atom. The molecule has 0 saturated carbocycles. The summed E-state index contributed by atoms with van der Waals surface area (Å²) in [6, 6.07) is 4.93. The second-order valence-electron chi connectivity index (χ2n) is 6.48. The Labute approximate surface area is 152 Å². The van der Waals surface area contributed by atoms with Crippen LogP contribution in [0, 0.1) is 5.82 Å². The fourth-order valence-corrected chi connectivity index (χ4v) is 3.15. The molecule has 0 bridgehead atoms. The minimum absolute atomic E-state index is 0.300. The molecular formula is C17H23FN4O2S. The molecule has 6 nitrogen and oxygen atoms in total. The maximum Gasteiger partial charge on any atom is 0.414 e. The van der Waals surface area contributed by atoms with Crippen LogP contribution in [0.1, 0.15) is 6.92 Å². The van der Waals surface area contributed by atoms with Gasteiger partial charge in [-0.15, -0.1) is 0 Å². The van der Waals surface area contributed by atoms with Gasteiger partial charge in [0.15, 0.2) is 0 Å². The molecule has 8 heteroatoms. The maximum atomic E-state index is 14.6. The number of ether oxygens (including phenoxy) is 1. The number of halogens is 1. The predicted molar refractivity (Wildman–Crippen MR) is 100.0 cm³/mol. The number of carbonyl (C=O) groups is 1. The van der Waals surface area contributed by atoms with Gasteiger partial charge in [-0.2, -0.15) is 0 Å². The van der Waals surface area contributed by atoms with Gasteiger partial charge in [0.2, 0.25) is 0 Å². The standard InChI is InChI=1S/C17H23FN4O2S/c1-12(25)19-10-14-11-22(17(23)24-14)13-3-4-16(15(18)9-13)21-7-5-20(2)6-8-21/h3-4,9,14H,5-8,10-11H2,1-2H3,(H,19,25). The Kier molecular flexibility index (Phi) is 5.39. The van der Waals surface area contributed by atoms with Gasteiger partial charge in [0.1, 0.15) is 11.9 Å². The van der Waals surface area contributed by atoms with Crippen LogP contribution in [0.4, 0.5) is 20.6 Å². The van der Waals surface area contributed by atoms with Gasteiger partial charge in [0.05, 0.1) is 29.5 Å². The molecule has 0 spiro atoms. The molecule has 2 aliphatic heterocycles. The molecule has 1 unspecified atom stereocenters. The first-order valence-electron chi connectivity index (χ1n) is 8.39. The van der Waals surface area contributed by atoms with E-state index in [1.807, 2.05) is 4.90 Å². The zero-order valence-corrected chi connectivity index (χ0v) is 15.3. The number of thiocarbonyl (C=S) groups is 1. The molecule has 1 aromatic rings. The van der Waals surface area contributed by atoms with Crippen molar-refractivity contribution >= 4 is 34.7 Å². The van der Waals surface area contributed by atoms with Crippen molar-refractivity contribution in [3.8, 4) is 0 Å². The average Bonchev–Trinajstić information content (AvgIpc) is 2.95. The third-order valence-corrected chi connectivity index (χ3v) is 4.68. The monoisotopic (exact) mass is 366 g/mol. The number of anilines is 2. The molecule has 0 radical (unpaired) electrons. The number of nitrogens with one attached hydrogen (secondary N) is 1. The zero-order valence-electron chi connectivity index (χ0n) is 14.5. The Morgan fingerprint density at radius 2 is 2.08 bits per heavy atom. The van der Waals surface area contributed by atoms with Crippen LogP contribution in [0.15, 0.2) is 18.2 Å². The van der Waals surface area contributed by atoms with Crippen LogP contribution >= 0.6 is 12.2 Å². The highest BCUT2D eigenvalue weighted by atomic mass is 32.1. The SMILES string of the molecule is CC(=S)NCC1CN(c2ccc(N3CCN(C)CC3)c(F)c2)C(=O)O1. The first kappa shape index (κ1) is 17.9. The lowest BCUT2D eigenvalue weighted by molar-refractivity contribution is 0.143. The molecule has 3 rings (SSSR count). The fourth-order valence-electron chi connectivity index (χ4n) is 3.06. The summed E-state index contributed by atoms with van der Waals surface area (Å²) in [5.74, 6) is -0.314.